The topological polar surface area (TPSA) is 55.1 Å². The molecule has 18 heavy (non-hydrogen) atoms. The number of carboxylic acids is 1. The van der Waals surface area contributed by atoms with Crippen molar-refractivity contribution < 1.29 is 9.90 Å². The molecule has 0 fully saturated rings. The van der Waals surface area contributed by atoms with Crippen LogP contribution in [-0.4, -0.2) is 20.9 Å². The Morgan fingerprint density at radius 3 is 2.44 bits per heavy atom. The second-order valence-electron chi connectivity index (χ2n) is 4.11. The molecule has 0 unspecified atom stereocenters. The van der Waals surface area contributed by atoms with Gasteiger partial charge < -0.3 is 5.11 Å². The minimum atomic E-state index is -0.935. The smallest absolute Gasteiger partial charge is 0.340 e. The molecule has 0 radical (unpaired) electrons. The molecule has 0 amide bonds. The third-order valence-corrected chi connectivity index (χ3v) is 3.79. The lowest BCUT2D eigenvalue weighted by molar-refractivity contribution is 0.0692. The zero-order valence-electron chi connectivity index (χ0n) is 10.5. The summed E-state index contributed by atoms with van der Waals surface area (Å²) in [6, 6.07) is 7.97. The highest BCUT2D eigenvalue weighted by Crippen LogP contribution is 2.31. The molecule has 5 heteroatoms. The third-order valence-electron chi connectivity index (χ3n) is 2.62. The van der Waals surface area contributed by atoms with Gasteiger partial charge in [-0.3, -0.25) is 4.68 Å². The highest BCUT2D eigenvalue weighted by atomic mass is 32.2. The fourth-order valence-electron chi connectivity index (χ4n) is 1.72. The average Bonchev–Trinajstić information content (AvgIpc) is 2.57. The Bertz CT molecular complexity index is 588. The van der Waals surface area contributed by atoms with Crippen molar-refractivity contribution >= 4 is 17.7 Å². The average molecular weight is 262 g/mol. The maximum atomic E-state index is 11.2. The molecule has 0 bridgehead atoms. The summed E-state index contributed by atoms with van der Waals surface area (Å²) in [6.07, 6.45) is 0. The van der Waals surface area contributed by atoms with Crippen LogP contribution in [-0.2, 0) is 7.05 Å². The highest BCUT2D eigenvalue weighted by molar-refractivity contribution is 7.99. The van der Waals surface area contributed by atoms with Crippen LogP contribution in [0.4, 0.5) is 0 Å². The van der Waals surface area contributed by atoms with Gasteiger partial charge in [-0.05, 0) is 26.0 Å². The molecule has 94 valence electrons. The molecule has 0 saturated heterocycles. The molecular weight excluding hydrogens is 248 g/mol. The first-order valence-electron chi connectivity index (χ1n) is 5.50. The van der Waals surface area contributed by atoms with Crippen LogP contribution in [0, 0.1) is 13.8 Å². The van der Waals surface area contributed by atoms with Crippen molar-refractivity contribution in [3.63, 3.8) is 0 Å². The highest BCUT2D eigenvalue weighted by Gasteiger charge is 2.20. The molecule has 0 aliphatic carbocycles. The number of rotatable bonds is 3. The molecule has 1 aromatic carbocycles. The second-order valence-corrected chi connectivity index (χ2v) is 5.17. The minimum Gasteiger partial charge on any atom is -0.478 e. The molecule has 0 aliphatic rings. The van der Waals surface area contributed by atoms with Gasteiger partial charge in [0.2, 0.25) is 0 Å². The molecular formula is C13H14N2O2S. The van der Waals surface area contributed by atoms with E-state index in [0.29, 0.717) is 10.7 Å². The van der Waals surface area contributed by atoms with Gasteiger partial charge in [0.25, 0.3) is 0 Å². The van der Waals surface area contributed by atoms with Crippen molar-refractivity contribution in [1.82, 2.24) is 9.78 Å². The van der Waals surface area contributed by atoms with Gasteiger partial charge in [0.15, 0.2) is 0 Å². The number of hydrogen-bond acceptors (Lipinski definition) is 3. The van der Waals surface area contributed by atoms with E-state index in [1.165, 1.54) is 17.3 Å². The van der Waals surface area contributed by atoms with Crippen LogP contribution in [0.5, 0.6) is 0 Å². The summed E-state index contributed by atoms with van der Waals surface area (Å²) in [7, 11) is 1.76. The Kier molecular flexibility index (Phi) is 3.43. The van der Waals surface area contributed by atoms with Gasteiger partial charge >= 0.3 is 5.97 Å². The van der Waals surface area contributed by atoms with E-state index in [1.807, 2.05) is 31.2 Å². The van der Waals surface area contributed by atoms with Crippen molar-refractivity contribution in [3.05, 3.63) is 41.1 Å². The number of aromatic nitrogens is 2. The molecule has 0 atom stereocenters. The fourth-order valence-corrected chi connectivity index (χ4v) is 2.72. The first-order valence-corrected chi connectivity index (χ1v) is 6.32. The summed E-state index contributed by atoms with van der Waals surface area (Å²) in [4.78, 5) is 12.2. The number of aromatic carboxylic acids is 1. The van der Waals surface area contributed by atoms with E-state index in [0.717, 1.165) is 4.90 Å². The Balaban J connectivity index is 2.39. The summed E-state index contributed by atoms with van der Waals surface area (Å²) in [5, 5.41) is 14.0. The van der Waals surface area contributed by atoms with Crippen LogP contribution in [0.25, 0.3) is 0 Å². The molecule has 1 aromatic heterocycles. The van der Waals surface area contributed by atoms with Gasteiger partial charge in [0.05, 0.1) is 5.69 Å². The van der Waals surface area contributed by atoms with E-state index in [9.17, 15) is 9.90 Å². The normalized spacial score (nSPS) is 10.6. The Hall–Kier alpha value is -1.75. The van der Waals surface area contributed by atoms with Gasteiger partial charge in [0.1, 0.15) is 10.6 Å². The van der Waals surface area contributed by atoms with Crippen LogP contribution in [0.2, 0.25) is 0 Å². The maximum absolute atomic E-state index is 11.2. The Morgan fingerprint density at radius 2 is 1.89 bits per heavy atom. The maximum Gasteiger partial charge on any atom is 0.340 e. The van der Waals surface area contributed by atoms with Gasteiger partial charge in [-0.1, -0.05) is 29.5 Å². The van der Waals surface area contributed by atoms with Gasteiger partial charge in [0, 0.05) is 11.9 Å². The molecule has 0 aliphatic heterocycles. The second kappa shape index (κ2) is 4.86. The summed E-state index contributed by atoms with van der Waals surface area (Å²) in [5.41, 5.74) is 2.00. The number of hydrogen-bond donors (Lipinski definition) is 1. The first kappa shape index (κ1) is 12.7. The van der Waals surface area contributed by atoms with E-state index >= 15 is 0 Å². The zero-order valence-corrected chi connectivity index (χ0v) is 11.3. The number of carbonyl (C=O) groups is 1. The summed E-state index contributed by atoms with van der Waals surface area (Å²) in [6.45, 7) is 3.73. The van der Waals surface area contributed by atoms with Crippen LogP contribution in [0.3, 0.4) is 0 Å². The van der Waals surface area contributed by atoms with Crippen LogP contribution in [0.15, 0.2) is 34.2 Å². The molecule has 0 spiro atoms. The van der Waals surface area contributed by atoms with E-state index < -0.39 is 5.97 Å². The van der Waals surface area contributed by atoms with Gasteiger partial charge in [-0.15, -0.1) is 0 Å². The number of benzene rings is 1. The first-order chi connectivity index (χ1) is 8.49. The van der Waals surface area contributed by atoms with Crippen molar-refractivity contribution in [2.45, 2.75) is 23.8 Å². The number of nitrogens with zero attached hydrogens (tertiary/aromatic N) is 2. The molecule has 0 saturated carbocycles. The predicted octanol–water partition coefficient (Wildman–Crippen LogP) is 2.89. The van der Waals surface area contributed by atoms with E-state index in [4.69, 9.17) is 0 Å². The van der Waals surface area contributed by atoms with Crippen LogP contribution >= 0.6 is 11.8 Å². The molecule has 1 heterocycles. The lowest BCUT2D eigenvalue weighted by Crippen LogP contribution is -2.00. The standard InChI is InChI=1S/C13H14N2O2S/c1-8-4-6-10(7-5-8)18-12-11(13(16)17)9(2)14-15(12)3/h4-7H,1-3H3,(H,16,17). The minimum absolute atomic E-state index is 0.281. The lowest BCUT2D eigenvalue weighted by atomic mass is 10.2. The fraction of sp³-hybridized carbons (Fsp3) is 0.231. The predicted molar refractivity (Wildman–Crippen MR) is 70.2 cm³/mol. The summed E-state index contributed by atoms with van der Waals surface area (Å²) < 4.78 is 1.61. The summed E-state index contributed by atoms with van der Waals surface area (Å²) in [5.74, 6) is -0.935. The van der Waals surface area contributed by atoms with Crippen LogP contribution in [0.1, 0.15) is 21.6 Å². The van der Waals surface area contributed by atoms with Crippen molar-refractivity contribution in [2.75, 3.05) is 0 Å². The van der Waals surface area contributed by atoms with Gasteiger partial charge in [-0.25, -0.2) is 4.79 Å². The Labute approximate surface area is 110 Å². The molecule has 1 N–H and O–H groups in total. The molecule has 2 aromatic rings. The van der Waals surface area contributed by atoms with Crippen molar-refractivity contribution in [1.29, 1.82) is 0 Å². The lowest BCUT2D eigenvalue weighted by Gasteiger charge is -2.04. The monoisotopic (exact) mass is 262 g/mol. The number of aryl methyl sites for hydroxylation is 3. The van der Waals surface area contributed by atoms with Crippen LogP contribution < -0.4 is 0 Å². The quantitative estimate of drug-likeness (QED) is 0.924. The van der Waals surface area contributed by atoms with Crippen molar-refractivity contribution in [2.24, 2.45) is 7.05 Å². The molecule has 2 rings (SSSR count). The van der Waals surface area contributed by atoms with E-state index in [1.54, 1.807) is 18.7 Å². The number of carboxylic acid groups (broad SMARTS) is 1. The SMILES string of the molecule is Cc1ccc(Sc2c(C(=O)O)c(C)nn2C)cc1. The largest absolute Gasteiger partial charge is 0.478 e. The van der Waals surface area contributed by atoms with E-state index in [-0.39, 0.29) is 5.56 Å². The van der Waals surface area contributed by atoms with E-state index in [2.05, 4.69) is 5.10 Å². The van der Waals surface area contributed by atoms with Gasteiger partial charge in [-0.2, -0.15) is 5.10 Å². The summed E-state index contributed by atoms with van der Waals surface area (Å²) >= 11 is 1.42. The Morgan fingerprint density at radius 1 is 1.28 bits per heavy atom. The zero-order chi connectivity index (χ0) is 13.3. The molecule has 4 nitrogen and oxygen atoms in total. The van der Waals surface area contributed by atoms with Crippen molar-refractivity contribution in [3.8, 4) is 0 Å². The third kappa shape index (κ3) is 2.41.